The minimum absolute atomic E-state index is 0. The zero-order valence-corrected chi connectivity index (χ0v) is 14.3. The molecule has 0 radical (unpaired) electrons. The van der Waals surface area contributed by atoms with Crippen molar-refractivity contribution < 1.29 is 22.6 Å². The highest BCUT2D eigenvalue weighted by Gasteiger charge is 2.32. The number of hydrogen-bond acceptors (Lipinski definition) is 4. The smallest absolute Gasteiger partial charge is 0.496 e. The fraction of sp³-hybridized carbons (Fsp3) is 0.500. The molecule has 0 aliphatic carbocycles. The van der Waals surface area contributed by atoms with Gasteiger partial charge in [-0.3, -0.25) is 4.90 Å². The summed E-state index contributed by atoms with van der Waals surface area (Å²) < 4.78 is 46.8. The fourth-order valence-electron chi connectivity index (χ4n) is 2.79. The van der Waals surface area contributed by atoms with Gasteiger partial charge in [-0.1, -0.05) is 6.08 Å². The number of rotatable bonds is 6. The van der Waals surface area contributed by atoms with Crippen LogP contribution < -0.4 is 14.8 Å². The minimum Gasteiger partial charge on any atom is -0.496 e. The monoisotopic (exact) mass is 366 g/mol. The molecule has 1 saturated heterocycles. The zero-order valence-electron chi connectivity index (χ0n) is 13.4. The van der Waals surface area contributed by atoms with Crippen molar-refractivity contribution in [2.24, 2.45) is 0 Å². The van der Waals surface area contributed by atoms with Crippen LogP contribution in [0, 0.1) is 0 Å². The van der Waals surface area contributed by atoms with Gasteiger partial charge in [0.25, 0.3) is 0 Å². The molecule has 2 rings (SSSR count). The number of alkyl halides is 3. The van der Waals surface area contributed by atoms with E-state index in [1.807, 2.05) is 0 Å². The lowest BCUT2D eigenvalue weighted by molar-refractivity contribution is -0.274. The molecule has 0 aromatic heterocycles. The third kappa shape index (κ3) is 5.58. The van der Waals surface area contributed by atoms with Crippen molar-refractivity contribution in [3.05, 3.63) is 36.4 Å². The highest BCUT2D eigenvalue weighted by molar-refractivity contribution is 5.85. The van der Waals surface area contributed by atoms with Crippen LogP contribution in [-0.2, 0) is 0 Å². The highest BCUT2D eigenvalue weighted by Crippen LogP contribution is 2.36. The number of nitrogens with zero attached hydrogens (tertiary/aromatic N) is 1. The van der Waals surface area contributed by atoms with Crippen molar-refractivity contribution in [3.63, 3.8) is 0 Å². The molecule has 1 fully saturated rings. The lowest BCUT2D eigenvalue weighted by atomic mass is 9.99. The van der Waals surface area contributed by atoms with Gasteiger partial charge in [0.15, 0.2) is 0 Å². The Labute approximate surface area is 146 Å². The average molecular weight is 367 g/mol. The molecule has 1 N–H and O–H groups in total. The van der Waals surface area contributed by atoms with Crippen molar-refractivity contribution in [3.8, 4) is 11.5 Å². The maximum atomic E-state index is 12.5. The van der Waals surface area contributed by atoms with Crippen molar-refractivity contribution >= 4 is 12.4 Å². The first-order valence-electron chi connectivity index (χ1n) is 7.44. The number of ether oxygens (including phenoxy) is 2. The van der Waals surface area contributed by atoms with Crippen LogP contribution in [-0.4, -0.2) is 44.6 Å². The van der Waals surface area contributed by atoms with E-state index in [0.717, 1.165) is 26.2 Å². The summed E-state index contributed by atoms with van der Waals surface area (Å²) in [5.41, 5.74) is 0.677. The van der Waals surface area contributed by atoms with Crippen molar-refractivity contribution in [2.45, 2.75) is 18.8 Å². The summed E-state index contributed by atoms with van der Waals surface area (Å²) in [5.74, 6) is 0.308. The summed E-state index contributed by atoms with van der Waals surface area (Å²) in [4.78, 5) is 2.22. The molecule has 1 aromatic rings. The van der Waals surface area contributed by atoms with E-state index in [2.05, 4.69) is 21.5 Å². The SMILES string of the molecule is C=CC[C@H](c1cc(OC(F)(F)F)ccc1OC)N1CCNCC1.Cl. The topological polar surface area (TPSA) is 33.7 Å². The van der Waals surface area contributed by atoms with E-state index in [0.29, 0.717) is 17.7 Å². The molecule has 0 amide bonds. The largest absolute Gasteiger partial charge is 0.573 e. The zero-order chi connectivity index (χ0) is 16.9. The molecule has 1 heterocycles. The van der Waals surface area contributed by atoms with E-state index < -0.39 is 6.36 Å². The Bertz CT molecular complexity index is 535. The van der Waals surface area contributed by atoms with Crippen molar-refractivity contribution in [2.75, 3.05) is 33.3 Å². The van der Waals surface area contributed by atoms with Crippen molar-refractivity contribution in [1.82, 2.24) is 10.2 Å². The Morgan fingerprint density at radius 1 is 1.33 bits per heavy atom. The first-order valence-corrected chi connectivity index (χ1v) is 7.44. The Balaban J connectivity index is 0.00000288. The van der Waals surface area contributed by atoms with E-state index in [1.165, 1.54) is 25.3 Å². The summed E-state index contributed by atoms with van der Waals surface area (Å²) in [6, 6.07) is 4.08. The molecule has 1 aromatic carbocycles. The average Bonchev–Trinajstić information content (AvgIpc) is 2.52. The summed E-state index contributed by atoms with van der Waals surface area (Å²) in [6.07, 6.45) is -2.33. The molecule has 136 valence electrons. The van der Waals surface area contributed by atoms with Gasteiger partial charge in [0.1, 0.15) is 11.5 Å². The number of halogens is 4. The summed E-state index contributed by atoms with van der Waals surface area (Å²) in [7, 11) is 1.51. The van der Waals surface area contributed by atoms with Gasteiger partial charge in [-0.15, -0.1) is 32.2 Å². The number of nitrogens with one attached hydrogen (secondary N) is 1. The van der Waals surface area contributed by atoms with Crippen LogP contribution in [0.4, 0.5) is 13.2 Å². The van der Waals surface area contributed by atoms with Crippen LogP contribution in [0.5, 0.6) is 11.5 Å². The van der Waals surface area contributed by atoms with Crippen molar-refractivity contribution in [1.29, 1.82) is 0 Å². The predicted octanol–water partition coefficient (Wildman–Crippen LogP) is 3.54. The van der Waals surface area contributed by atoms with Crippen LogP contribution in [0.2, 0.25) is 0 Å². The number of hydrogen-bond donors (Lipinski definition) is 1. The van der Waals surface area contributed by atoms with Crippen LogP contribution in [0.15, 0.2) is 30.9 Å². The molecule has 24 heavy (non-hydrogen) atoms. The summed E-state index contributed by atoms with van der Waals surface area (Å²) >= 11 is 0. The van der Waals surface area contributed by atoms with Crippen LogP contribution in [0.1, 0.15) is 18.0 Å². The number of benzene rings is 1. The molecule has 4 nitrogen and oxygen atoms in total. The standard InChI is InChI=1S/C16H21F3N2O2.ClH/c1-3-4-14(21-9-7-20-8-10-21)13-11-12(23-16(17,18)19)5-6-15(13)22-2;/h3,5-6,11,14,20H,1,4,7-10H2,2H3;1H/t14-;/m1./s1. The van der Waals surface area contributed by atoms with Gasteiger partial charge < -0.3 is 14.8 Å². The quantitative estimate of drug-likeness (QED) is 0.781. The van der Waals surface area contributed by atoms with Crippen LogP contribution >= 0.6 is 12.4 Å². The first-order chi connectivity index (χ1) is 10.9. The molecule has 0 saturated carbocycles. The second kappa shape index (κ2) is 9.15. The normalized spacial score (nSPS) is 16.8. The first kappa shape index (κ1) is 20.6. The fourth-order valence-corrected chi connectivity index (χ4v) is 2.79. The highest BCUT2D eigenvalue weighted by atomic mass is 35.5. The van der Waals surface area contributed by atoms with Gasteiger partial charge in [0, 0.05) is 37.8 Å². The second-order valence-electron chi connectivity index (χ2n) is 5.28. The van der Waals surface area contributed by atoms with Gasteiger partial charge in [-0.2, -0.15) is 0 Å². The number of piperazine rings is 1. The van der Waals surface area contributed by atoms with Gasteiger partial charge in [-0.25, -0.2) is 0 Å². The molecule has 8 heteroatoms. The van der Waals surface area contributed by atoms with Crippen LogP contribution in [0.3, 0.4) is 0 Å². The minimum atomic E-state index is -4.71. The molecule has 0 unspecified atom stereocenters. The van der Waals surface area contributed by atoms with E-state index >= 15 is 0 Å². The van der Waals surface area contributed by atoms with Crippen LogP contribution in [0.25, 0.3) is 0 Å². The third-order valence-electron chi connectivity index (χ3n) is 3.78. The van der Waals surface area contributed by atoms with E-state index in [1.54, 1.807) is 6.08 Å². The molecule has 1 atom stereocenters. The van der Waals surface area contributed by atoms with E-state index in [9.17, 15) is 13.2 Å². The summed E-state index contributed by atoms with van der Waals surface area (Å²) in [5, 5.41) is 3.26. The third-order valence-corrected chi connectivity index (χ3v) is 3.78. The number of methoxy groups -OCH3 is 1. The van der Waals surface area contributed by atoms with E-state index in [-0.39, 0.29) is 24.2 Å². The maximum absolute atomic E-state index is 12.5. The predicted molar refractivity (Wildman–Crippen MR) is 88.9 cm³/mol. The molecule has 1 aliphatic heterocycles. The Hall–Kier alpha value is -1.44. The van der Waals surface area contributed by atoms with Gasteiger partial charge in [0.2, 0.25) is 0 Å². The lowest BCUT2D eigenvalue weighted by Gasteiger charge is -2.35. The molecule has 0 spiro atoms. The van der Waals surface area contributed by atoms with Gasteiger partial charge in [-0.05, 0) is 24.6 Å². The molecular weight excluding hydrogens is 345 g/mol. The Morgan fingerprint density at radius 2 is 2.00 bits per heavy atom. The van der Waals surface area contributed by atoms with Gasteiger partial charge in [0.05, 0.1) is 7.11 Å². The maximum Gasteiger partial charge on any atom is 0.573 e. The molecule has 0 bridgehead atoms. The van der Waals surface area contributed by atoms with Gasteiger partial charge >= 0.3 is 6.36 Å². The second-order valence-corrected chi connectivity index (χ2v) is 5.28. The Kier molecular flexibility index (Phi) is 7.86. The molecular formula is C16H22ClF3N2O2. The summed E-state index contributed by atoms with van der Waals surface area (Å²) in [6.45, 7) is 7.07. The Morgan fingerprint density at radius 3 is 2.54 bits per heavy atom. The van der Waals surface area contributed by atoms with E-state index in [4.69, 9.17) is 4.74 Å². The molecule has 1 aliphatic rings. The lowest BCUT2D eigenvalue weighted by Crippen LogP contribution is -2.45.